The molecule has 2 aromatic heterocycles. The molecule has 7 heteroatoms. The summed E-state index contributed by atoms with van der Waals surface area (Å²) in [5.41, 5.74) is 4.32. The summed E-state index contributed by atoms with van der Waals surface area (Å²) >= 11 is 0. The number of nitrogens with one attached hydrogen (secondary N) is 1. The van der Waals surface area contributed by atoms with E-state index in [1.807, 2.05) is 12.1 Å². The van der Waals surface area contributed by atoms with Crippen molar-refractivity contribution in [2.45, 2.75) is 43.2 Å². The SMILES string of the molecule is O[C@@H]1CO[C@H]2C1OC[C@H]2Oc1cc2nc(C3Cc4ccccc4C3)c(F)cc2[nH]1. The monoisotopic (exact) mass is 396 g/mol. The number of ether oxygens (including phenoxy) is 3. The molecule has 3 aromatic rings. The Labute approximate surface area is 166 Å². The molecule has 3 aliphatic rings. The summed E-state index contributed by atoms with van der Waals surface area (Å²) in [6, 6.07) is 11.5. The topological polar surface area (TPSA) is 76.6 Å². The van der Waals surface area contributed by atoms with Crippen LogP contribution in [-0.2, 0) is 22.3 Å². The maximum absolute atomic E-state index is 14.8. The minimum absolute atomic E-state index is 0.0495. The van der Waals surface area contributed by atoms with Crippen molar-refractivity contribution in [2.75, 3.05) is 13.2 Å². The van der Waals surface area contributed by atoms with Gasteiger partial charge in [0.15, 0.2) is 12.0 Å². The summed E-state index contributed by atoms with van der Waals surface area (Å²) < 4.78 is 32.0. The molecule has 1 aromatic carbocycles. The molecule has 0 spiro atoms. The van der Waals surface area contributed by atoms with Gasteiger partial charge in [-0.25, -0.2) is 9.37 Å². The van der Waals surface area contributed by atoms with Crippen molar-refractivity contribution in [1.82, 2.24) is 9.97 Å². The van der Waals surface area contributed by atoms with Crippen molar-refractivity contribution in [3.63, 3.8) is 0 Å². The molecule has 6 rings (SSSR count). The number of rotatable bonds is 3. The molecule has 6 nitrogen and oxygen atoms in total. The average molecular weight is 396 g/mol. The van der Waals surface area contributed by atoms with E-state index in [0.717, 1.165) is 12.8 Å². The number of halogens is 1. The van der Waals surface area contributed by atoms with Crippen molar-refractivity contribution >= 4 is 11.0 Å². The number of aromatic nitrogens is 2. The first-order valence-corrected chi connectivity index (χ1v) is 9.99. The van der Waals surface area contributed by atoms with E-state index >= 15 is 0 Å². The van der Waals surface area contributed by atoms with E-state index in [1.165, 1.54) is 17.2 Å². The molecule has 0 saturated carbocycles. The van der Waals surface area contributed by atoms with Crippen molar-refractivity contribution in [3.8, 4) is 5.88 Å². The lowest BCUT2D eigenvalue weighted by molar-refractivity contribution is 0.00794. The molecule has 0 bridgehead atoms. The van der Waals surface area contributed by atoms with Gasteiger partial charge in [-0.05, 0) is 24.0 Å². The van der Waals surface area contributed by atoms with E-state index in [2.05, 4.69) is 22.1 Å². The number of nitrogens with zero attached hydrogens (tertiary/aromatic N) is 1. The van der Waals surface area contributed by atoms with Crippen LogP contribution in [0.1, 0.15) is 22.7 Å². The van der Waals surface area contributed by atoms with E-state index in [9.17, 15) is 9.50 Å². The molecule has 29 heavy (non-hydrogen) atoms. The first-order chi connectivity index (χ1) is 14.2. The van der Waals surface area contributed by atoms with E-state index in [-0.39, 0.29) is 36.7 Å². The molecule has 2 fully saturated rings. The van der Waals surface area contributed by atoms with E-state index in [0.29, 0.717) is 29.2 Å². The maximum atomic E-state index is 14.8. The third kappa shape index (κ3) is 2.84. The molecule has 1 unspecified atom stereocenters. The Morgan fingerprint density at radius 2 is 1.83 bits per heavy atom. The number of hydrogen-bond acceptors (Lipinski definition) is 5. The highest BCUT2D eigenvalue weighted by atomic mass is 19.1. The number of aliphatic hydroxyl groups excluding tert-OH is 1. The summed E-state index contributed by atoms with van der Waals surface area (Å²) in [5.74, 6) is 0.252. The largest absolute Gasteiger partial charge is 0.470 e. The zero-order chi connectivity index (χ0) is 19.5. The second-order valence-electron chi connectivity index (χ2n) is 8.12. The normalized spacial score (nSPS) is 28.8. The fraction of sp³-hybridized carbons (Fsp3) is 0.409. The lowest BCUT2D eigenvalue weighted by Gasteiger charge is -2.16. The lowest BCUT2D eigenvalue weighted by Crippen LogP contribution is -2.34. The Morgan fingerprint density at radius 1 is 1.07 bits per heavy atom. The van der Waals surface area contributed by atoms with Gasteiger partial charge in [0.25, 0.3) is 0 Å². The third-order valence-electron chi connectivity index (χ3n) is 6.26. The van der Waals surface area contributed by atoms with E-state index in [1.54, 1.807) is 6.07 Å². The number of H-pyrrole nitrogens is 1. The van der Waals surface area contributed by atoms with Gasteiger partial charge in [0.05, 0.1) is 29.9 Å². The number of fused-ring (bicyclic) bond motifs is 3. The van der Waals surface area contributed by atoms with Crippen LogP contribution in [-0.4, -0.2) is 52.7 Å². The number of aromatic amines is 1. The van der Waals surface area contributed by atoms with Crippen LogP contribution in [0.15, 0.2) is 36.4 Å². The Kier molecular flexibility index (Phi) is 3.91. The molecule has 1 aliphatic carbocycles. The molecule has 4 atom stereocenters. The van der Waals surface area contributed by atoms with Crippen LogP contribution in [0, 0.1) is 5.82 Å². The Balaban J connectivity index is 1.26. The van der Waals surface area contributed by atoms with Crippen LogP contribution in [0.25, 0.3) is 11.0 Å². The Hall–Kier alpha value is -2.48. The number of hydrogen-bond donors (Lipinski definition) is 2. The van der Waals surface area contributed by atoms with Gasteiger partial charge < -0.3 is 24.3 Å². The minimum Gasteiger partial charge on any atom is -0.470 e. The molecular weight excluding hydrogens is 375 g/mol. The van der Waals surface area contributed by atoms with Crippen LogP contribution >= 0.6 is 0 Å². The van der Waals surface area contributed by atoms with Gasteiger partial charge in [-0.1, -0.05) is 24.3 Å². The highest BCUT2D eigenvalue weighted by Crippen LogP contribution is 2.36. The highest BCUT2D eigenvalue weighted by molar-refractivity contribution is 5.77. The maximum Gasteiger partial charge on any atom is 0.193 e. The second kappa shape index (κ2) is 6.52. The zero-order valence-electron chi connectivity index (χ0n) is 15.7. The fourth-order valence-corrected chi connectivity index (χ4v) is 4.83. The summed E-state index contributed by atoms with van der Waals surface area (Å²) in [5, 5.41) is 9.86. The van der Waals surface area contributed by atoms with Crippen molar-refractivity contribution in [1.29, 1.82) is 0 Å². The number of aliphatic hydroxyl groups is 1. The fourth-order valence-electron chi connectivity index (χ4n) is 4.83. The third-order valence-corrected chi connectivity index (χ3v) is 6.26. The van der Waals surface area contributed by atoms with Crippen LogP contribution in [0.2, 0.25) is 0 Å². The number of benzene rings is 1. The van der Waals surface area contributed by atoms with Gasteiger partial charge in [0.2, 0.25) is 0 Å². The van der Waals surface area contributed by atoms with Crippen LogP contribution < -0.4 is 4.74 Å². The summed E-state index contributed by atoms with van der Waals surface area (Å²) in [6.07, 6.45) is 0.0245. The zero-order valence-corrected chi connectivity index (χ0v) is 15.7. The van der Waals surface area contributed by atoms with Crippen molar-refractivity contribution in [2.24, 2.45) is 0 Å². The summed E-state index contributed by atoms with van der Waals surface area (Å²) in [7, 11) is 0. The van der Waals surface area contributed by atoms with Crippen LogP contribution in [0.5, 0.6) is 5.88 Å². The first-order valence-electron chi connectivity index (χ1n) is 9.99. The summed E-state index contributed by atoms with van der Waals surface area (Å²) in [6.45, 7) is 0.594. The molecule has 4 heterocycles. The molecule has 0 amide bonds. The van der Waals surface area contributed by atoms with E-state index in [4.69, 9.17) is 14.2 Å². The number of pyridine rings is 1. The summed E-state index contributed by atoms with van der Waals surface area (Å²) in [4.78, 5) is 7.72. The molecule has 2 saturated heterocycles. The molecule has 2 N–H and O–H groups in total. The van der Waals surface area contributed by atoms with Gasteiger partial charge in [-0.3, -0.25) is 0 Å². The quantitative estimate of drug-likeness (QED) is 0.711. The molecule has 2 aliphatic heterocycles. The first kappa shape index (κ1) is 17.4. The molecular formula is C22H21FN2O4. The van der Waals surface area contributed by atoms with Gasteiger partial charge >= 0.3 is 0 Å². The second-order valence-corrected chi connectivity index (χ2v) is 8.12. The molecule has 150 valence electrons. The Bertz CT molecular complexity index is 1060. The molecule has 0 radical (unpaired) electrons. The standard InChI is InChI=1S/C22H21FN2O4/c23-14-7-15-16(25-20(14)13-5-11-3-1-2-4-12(11)6-13)8-19(24-15)29-18-10-28-21-17(26)9-27-22(18)21/h1-4,7-8,13,17-18,21-22,24,26H,5-6,9-10H2/t17-,18-,21?,22-/m1/s1. The van der Waals surface area contributed by atoms with Crippen LogP contribution in [0.4, 0.5) is 4.39 Å². The predicted octanol–water partition coefficient (Wildman–Crippen LogP) is 2.49. The van der Waals surface area contributed by atoms with E-state index < -0.39 is 6.10 Å². The van der Waals surface area contributed by atoms with Gasteiger partial charge in [0, 0.05) is 18.1 Å². The smallest absolute Gasteiger partial charge is 0.193 e. The minimum atomic E-state index is -0.620. The predicted molar refractivity (Wildman–Crippen MR) is 103 cm³/mol. The highest BCUT2D eigenvalue weighted by Gasteiger charge is 2.48. The van der Waals surface area contributed by atoms with Gasteiger partial charge in [-0.15, -0.1) is 0 Å². The lowest BCUT2D eigenvalue weighted by atomic mass is 10.0. The van der Waals surface area contributed by atoms with Gasteiger partial charge in [-0.2, -0.15) is 0 Å². The van der Waals surface area contributed by atoms with Crippen molar-refractivity contribution in [3.05, 3.63) is 59.0 Å². The Morgan fingerprint density at radius 3 is 2.62 bits per heavy atom. The van der Waals surface area contributed by atoms with Gasteiger partial charge in [0.1, 0.15) is 24.1 Å². The average Bonchev–Trinajstić information content (AvgIpc) is 3.46. The van der Waals surface area contributed by atoms with Crippen LogP contribution in [0.3, 0.4) is 0 Å². The van der Waals surface area contributed by atoms with Crippen molar-refractivity contribution < 1.29 is 23.7 Å².